The molecule has 0 atom stereocenters. The molecule has 0 aliphatic carbocycles. The van der Waals surface area contributed by atoms with E-state index in [1.165, 1.54) is 6.07 Å². The molecule has 3 aromatic carbocycles. The standard InChI is InChI=1S/C26H21Cl2F3N4O/c27-21-12-11-19(15-22(21)28)34-25-33-16-20(26(29,30)31)24(35-25)32-13-14-36-23(17-7-3-1-4-8-17)18-9-5-2-6-10-18/h1-12,15-16,23H,13-14H2,(H2,32,33,34,35). The molecule has 0 unspecified atom stereocenters. The predicted molar refractivity (Wildman–Crippen MR) is 136 cm³/mol. The van der Waals surface area contributed by atoms with Crippen LogP contribution in [-0.2, 0) is 10.9 Å². The molecule has 0 fully saturated rings. The van der Waals surface area contributed by atoms with Crippen LogP contribution in [0.25, 0.3) is 0 Å². The molecule has 0 aliphatic rings. The first-order valence-corrected chi connectivity index (χ1v) is 11.7. The summed E-state index contributed by atoms with van der Waals surface area (Å²) in [7, 11) is 0. The van der Waals surface area contributed by atoms with E-state index in [4.69, 9.17) is 27.9 Å². The van der Waals surface area contributed by atoms with Crippen molar-refractivity contribution >= 4 is 40.7 Å². The molecule has 2 N–H and O–H groups in total. The minimum Gasteiger partial charge on any atom is -0.367 e. The number of ether oxygens (including phenoxy) is 1. The molecule has 4 aromatic rings. The summed E-state index contributed by atoms with van der Waals surface area (Å²) in [6, 6.07) is 23.9. The van der Waals surface area contributed by atoms with Crippen LogP contribution in [0.5, 0.6) is 0 Å². The van der Waals surface area contributed by atoms with Crippen molar-refractivity contribution in [1.82, 2.24) is 9.97 Å². The number of nitrogens with zero attached hydrogens (tertiary/aromatic N) is 2. The SMILES string of the molecule is FC(F)(F)c1cnc(Nc2ccc(Cl)c(Cl)c2)nc1NCCOC(c1ccccc1)c1ccccc1. The Morgan fingerprint density at radius 1 is 0.861 bits per heavy atom. The maximum atomic E-state index is 13.6. The number of hydrogen-bond donors (Lipinski definition) is 2. The Labute approximate surface area is 216 Å². The summed E-state index contributed by atoms with van der Waals surface area (Å²) < 4.78 is 46.8. The Bertz CT molecular complexity index is 1250. The summed E-state index contributed by atoms with van der Waals surface area (Å²) in [5.74, 6) is -0.393. The summed E-state index contributed by atoms with van der Waals surface area (Å²) >= 11 is 11.9. The van der Waals surface area contributed by atoms with Crippen LogP contribution in [0.3, 0.4) is 0 Å². The smallest absolute Gasteiger partial charge is 0.367 e. The van der Waals surface area contributed by atoms with E-state index in [0.29, 0.717) is 10.7 Å². The zero-order valence-corrected chi connectivity index (χ0v) is 20.3. The molecule has 0 saturated heterocycles. The van der Waals surface area contributed by atoms with E-state index < -0.39 is 11.7 Å². The summed E-state index contributed by atoms with van der Waals surface area (Å²) in [6.07, 6.45) is -4.28. The third kappa shape index (κ3) is 6.66. The van der Waals surface area contributed by atoms with Crippen LogP contribution in [-0.4, -0.2) is 23.1 Å². The van der Waals surface area contributed by atoms with E-state index in [-0.39, 0.29) is 36.0 Å². The molecule has 0 radical (unpaired) electrons. The zero-order chi connectivity index (χ0) is 25.5. The fraction of sp³-hybridized carbons (Fsp3) is 0.154. The van der Waals surface area contributed by atoms with Gasteiger partial charge < -0.3 is 15.4 Å². The van der Waals surface area contributed by atoms with Gasteiger partial charge in [-0.15, -0.1) is 0 Å². The van der Waals surface area contributed by atoms with Gasteiger partial charge in [0.15, 0.2) is 0 Å². The van der Waals surface area contributed by atoms with Crippen LogP contribution in [0.4, 0.5) is 30.6 Å². The van der Waals surface area contributed by atoms with Crippen LogP contribution in [0.1, 0.15) is 22.8 Å². The normalized spacial score (nSPS) is 11.5. The van der Waals surface area contributed by atoms with E-state index in [1.807, 2.05) is 60.7 Å². The van der Waals surface area contributed by atoms with E-state index in [9.17, 15) is 13.2 Å². The van der Waals surface area contributed by atoms with Gasteiger partial charge in [-0.2, -0.15) is 18.2 Å². The van der Waals surface area contributed by atoms with Crippen molar-refractivity contribution < 1.29 is 17.9 Å². The first kappa shape index (κ1) is 25.8. The second kappa shape index (κ2) is 11.6. The van der Waals surface area contributed by atoms with Crippen LogP contribution in [0.15, 0.2) is 85.1 Å². The molecule has 5 nitrogen and oxygen atoms in total. The van der Waals surface area contributed by atoms with Gasteiger partial charge in [0.1, 0.15) is 17.5 Å². The van der Waals surface area contributed by atoms with Crippen LogP contribution < -0.4 is 10.6 Å². The molecule has 4 rings (SSSR count). The Kier molecular flexibility index (Phi) is 8.30. The number of hydrogen-bond acceptors (Lipinski definition) is 5. The first-order valence-electron chi connectivity index (χ1n) is 10.9. The maximum Gasteiger partial charge on any atom is 0.421 e. The maximum absolute atomic E-state index is 13.6. The lowest BCUT2D eigenvalue weighted by molar-refractivity contribution is -0.137. The lowest BCUT2D eigenvalue weighted by Crippen LogP contribution is -2.18. The highest BCUT2D eigenvalue weighted by atomic mass is 35.5. The Hall–Kier alpha value is -3.33. The molecule has 36 heavy (non-hydrogen) atoms. The average molecular weight is 533 g/mol. The van der Waals surface area contributed by atoms with E-state index >= 15 is 0 Å². The molecule has 0 saturated carbocycles. The fourth-order valence-electron chi connectivity index (χ4n) is 3.47. The van der Waals surface area contributed by atoms with E-state index in [0.717, 1.165) is 17.3 Å². The van der Waals surface area contributed by atoms with Gasteiger partial charge in [0.05, 0.1) is 16.7 Å². The van der Waals surface area contributed by atoms with Crippen molar-refractivity contribution in [2.75, 3.05) is 23.8 Å². The highest BCUT2D eigenvalue weighted by molar-refractivity contribution is 6.42. The Morgan fingerprint density at radius 2 is 1.50 bits per heavy atom. The van der Waals surface area contributed by atoms with Gasteiger partial charge in [-0.1, -0.05) is 83.9 Å². The van der Waals surface area contributed by atoms with Crippen molar-refractivity contribution in [2.45, 2.75) is 12.3 Å². The summed E-state index contributed by atoms with van der Waals surface area (Å²) in [6.45, 7) is 0.216. The predicted octanol–water partition coefficient (Wildman–Crippen LogP) is 7.76. The number of alkyl halides is 3. The number of nitrogens with one attached hydrogen (secondary N) is 2. The minimum atomic E-state index is -4.64. The van der Waals surface area contributed by atoms with Gasteiger partial charge in [-0.3, -0.25) is 0 Å². The molecule has 10 heteroatoms. The molecule has 0 amide bonds. The number of rotatable bonds is 9. The lowest BCUT2D eigenvalue weighted by atomic mass is 10.0. The fourth-order valence-corrected chi connectivity index (χ4v) is 3.77. The molecular formula is C26H21Cl2F3N4O. The highest BCUT2D eigenvalue weighted by Crippen LogP contribution is 2.34. The molecule has 1 heterocycles. The van der Waals surface area contributed by atoms with Crippen LogP contribution in [0.2, 0.25) is 10.0 Å². The van der Waals surface area contributed by atoms with Gasteiger partial charge in [-0.25, -0.2) is 4.98 Å². The van der Waals surface area contributed by atoms with Crippen molar-refractivity contribution in [3.63, 3.8) is 0 Å². The lowest BCUT2D eigenvalue weighted by Gasteiger charge is -2.20. The Morgan fingerprint density at radius 3 is 2.08 bits per heavy atom. The monoisotopic (exact) mass is 532 g/mol. The summed E-state index contributed by atoms with van der Waals surface area (Å²) in [5, 5.41) is 6.22. The first-order chi connectivity index (χ1) is 17.3. The van der Waals surface area contributed by atoms with Crippen molar-refractivity contribution in [1.29, 1.82) is 0 Å². The highest BCUT2D eigenvalue weighted by Gasteiger charge is 2.35. The molecule has 186 valence electrons. The van der Waals surface area contributed by atoms with Crippen molar-refractivity contribution in [3.05, 3.63) is 112 Å². The average Bonchev–Trinajstić information content (AvgIpc) is 2.87. The van der Waals surface area contributed by atoms with Crippen molar-refractivity contribution in [2.24, 2.45) is 0 Å². The number of aromatic nitrogens is 2. The van der Waals surface area contributed by atoms with Gasteiger partial charge in [0.2, 0.25) is 5.95 Å². The van der Waals surface area contributed by atoms with Crippen molar-refractivity contribution in [3.8, 4) is 0 Å². The molecule has 0 aliphatic heterocycles. The van der Waals surface area contributed by atoms with E-state index in [2.05, 4.69) is 20.6 Å². The second-order valence-electron chi connectivity index (χ2n) is 7.71. The second-order valence-corrected chi connectivity index (χ2v) is 8.52. The topological polar surface area (TPSA) is 59.1 Å². The number of benzene rings is 3. The van der Waals surface area contributed by atoms with Crippen LogP contribution >= 0.6 is 23.2 Å². The Balaban J connectivity index is 1.48. The summed E-state index contributed by atoms with van der Waals surface area (Å²) in [5.41, 5.74) is 1.38. The van der Waals surface area contributed by atoms with Gasteiger partial charge in [0.25, 0.3) is 0 Å². The third-order valence-corrected chi connectivity index (χ3v) is 5.89. The summed E-state index contributed by atoms with van der Waals surface area (Å²) in [4.78, 5) is 7.83. The molecule has 0 spiro atoms. The van der Waals surface area contributed by atoms with Gasteiger partial charge in [0, 0.05) is 18.4 Å². The van der Waals surface area contributed by atoms with Gasteiger partial charge >= 0.3 is 6.18 Å². The number of halogens is 5. The minimum absolute atomic E-state index is 0.0312. The third-order valence-electron chi connectivity index (χ3n) is 5.15. The molecular weight excluding hydrogens is 512 g/mol. The van der Waals surface area contributed by atoms with E-state index in [1.54, 1.807) is 12.1 Å². The largest absolute Gasteiger partial charge is 0.421 e. The van der Waals surface area contributed by atoms with Crippen LogP contribution in [0, 0.1) is 0 Å². The number of anilines is 3. The quantitative estimate of drug-likeness (QED) is 0.215. The molecule has 0 bridgehead atoms. The zero-order valence-electron chi connectivity index (χ0n) is 18.8. The molecule has 1 aromatic heterocycles. The van der Waals surface area contributed by atoms with Gasteiger partial charge in [-0.05, 0) is 29.3 Å².